The van der Waals surface area contributed by atoms with Crippen LogP contribution in [0.15, 0.2) is 109 Å². The standard InChI is InChI=1S/C21H25.C21H26.C5H5.2ClH.Hf/c1-20(2,3)16-7-9-18-14(12-16)11-15-13-17(21(4,5)6)8-10-19(15)18;1-20(2,3)18-11-7-16(8-12-18)15-17-9-13-19(14-10-17)21(4,5)6;1-2-4-5-3-1;;;/h7-13H,1-6H3;7-14H,1-6H3;1-3H,4H2;2*1H;/q-1;;-1;;;+2/p-2. The van der Waals surface area contributed by atoms with E-state index in [0.717, 1.165) is 30.3 Å². The van der Waals surface area contributed by atoms with E-state index >= 15 is 0 Å². The summed E-state index contributed by atoms with van der Waals surface area (Å²) in [5, 5.41) is 5.48. The van der Waals surface area contributed by atoms with Gasteiger partial charge in [0.25, 0.3) is 0 Å². The molecular formula is C47H56Cl2Hf-2. The van der Waals surface area contributed by atoms with Crippen LogP contribution in [0.3, 0.4) is 0 Å². The fourth-order valence-electron chi connectivity index (χ4n) is 5.74. The summed E-state index contributed by atoms with van der Waals surface area (Å²) in [6, 6.07) is 34.4. The molecule has 0 atom stereocenters. The van der Waals surface area contributed by atoms with Gasteiger partial charge in [-0.2, -0.15) is 6.08 Å². The Balaban J connectivity index is 0.000000293. The van der Waals surface area contributed by atoms with Crippen molar-refractivity contribution in [3.8, 4) is 0 Å². The molecule has 0 aromatic heterocycles. The summed E-state index contributed by atoms with van der Waals surface area (Å²) in [4.78, 5) is 0. The Morgan fingerprint density at radius 3 is 1.12 bits per heavy atom. The van der Waals surface area contributed by atoms with Crippen molar-refractivity contribution in [2.75, 3.05) is 0 Å². The van der Waals surface area contributed by atoms with Crippen LogP contribution in [-0.2, 0) is 45.6 Å². The molecule has 0 heterocycles. The van der Waals surface area contributed by atoms with E-state index in [0.29, 0.717) is 0 Å². The number of fused-ring (bicyclic) bond motifs is 3. The fourth-order valence-corrected chi connectivity index (χ4v) is 6.93. The summed E-state index contributed by atoms with van der Waals surface area (Å²) in [5.41, 5.74) is 9.18. The van der Waals surface area contributed by atoms with Gasteiger partial charge in [0.15, 0.2) is 0 Å². The molecule has 0 N–H and O–H groups in total. The first-order valence-electron chi connectivity index (χ1n) is 17.4. The Kier molecular flexibility index (Phi) is 15.2. The van der Waals surface area contributed by atoms with E-state index in [4.69, 9.17) is 0 Å². The molecule has 6 rings (SSSR count). The molecule has 1 aliphatic carbocycles. The van der Waals surface area contributed by atoms with Gasteiger partial charge >= 0.3 is 150 Å². The van der Waals surface area contributed by atoms with Crippen LogP contribution in [-0.4, -0.2) is 3.26 Å². The van der Waals surface area contributed by atoms with Crippen molar-refractivity contribution in [3.63, 3.8) is 0 Å². The Labute approximate surface area is 331 Å². The van der Waals surface area contributed by atoms with Crippen molar-refractivity contribution in [1.29, 1.82) is 0 Å². The van der Waals surface area contributed by atoms with Crippen molar-refractivity contribution in [3.05, 3.63) is 149 Å². The average Bonchev–Trinajstić information content (AvgIpc) is 3.71. The molecule has 0 amide bonds. The second-order valence-corrected chi connectivity index (χ2v) is 19.1. The third-order valence-electron chi connectivity index (χ3n) is 9.10. The van der Waals surface area contributed by atoms with Crippen molar-refractivity contribution < 1.29 is 48.7 Å². The summed E-state index contributed by atoms with van der Waals surface area (Å²) in [6.07, 6.45) is 10.0. The van der Waals surface area contributed by atoms with Crippen LogP contribution in [0.5, 0.6) is 0 Å². The molecule has 0 bridgehead atoms. The quantitative estimate of drug-likeness (QED) is 0.132. The van der Waals surface area contributed by atoms with Crippen LogP contribution in [0.1, 0.15) is 123 Å². The normalized spacial score (nSPS) is 12.8. The predicted octanol–water partition coefficient (Wildman–Crippen LogP) is 7.02. The zero-order chi connectivity index (χ0) is 35.5. The van der Waals surface area contributed by atoms with E-state index in [1.165, 1.54) is 58.2 Å². The van der Waals surface area contributed by atoms with Gasteiger partial charge in [0.1, 0.15) is 0 Å². The van der Waals surface area contributed by atoms with Crippen LogP contribution < -0.4 is 24.8 Å². The van der Waals surface area contributed by atoms with Gasteiger partial charge in [-0.05, 0) is 10.8 Å². The van der Waals surface area contributed by atoms with Crippen molar-refractivity contribution >= 4 is 24.8 Å². The fraction of sp³-hybridized carbons (Fsp3) is 0.362. The van der Waals surface area contributed by atoms with E-state index in [-0.39, 0.29) is 46.5 Å². The molecule has 0 unspecified atom stereocenters. The van der Waals surface area contributed by atoms with E-state index < -0.39 is 0 Å². The van der Waals surface area contributed by atoms with Gasteiger partial charge in [-0.15, -0.1) is 46.2 Å². The monoisotopic (exact) mass is 870 g/mol. The Hall–Kier alpha value is -2.45. The van der Waals surface area contributed by atoms with E-state index in [1.807, 2.05) is 12.2 Å². The Morgan fingerprint density at radius 2 is 0.860 bits per heavy atom. The first-order chi connectivity index (χ1) is 22.2. The van der Waals surface area contributed by atoms with E-state index in [2.05, 4.69) is 186 Å². The van der Waals surface area contributed by atoms with Crippen molar-refractivity contribution in [2.24, 2.45) is 0 Å². The van der Waals surface area contributed by atoms with Crippen molar-refractivity contribution in [1.82, 2.24) is 0 Å². The van der Waals surface area contributed by atoms with Crippen LogP contribution >= 0.6 is 0 Å². The van der Waals surface area contributed by atoms with Crippen LogP contribution in [0.4, 0.5) is 0 Å². The zero-order valence-corrected chi connectivity index (χ0v) is 37.5. The summed E-state index contributed by atoms with van der Waals surface area (Å²) in [5.74, 6) is 0. The molecule has 0 spiro atoms. The van der Waals surface area contributed by atoms with E-state index in [9.17, 15) is 0 Å². The summed E-state index contributed by atoms with van der Waals surface area (Å²) >= 11 is 1.06. The number of hydrogen-bond acceptors (Lipinski definition) is 0. The summed E-state index contributed by atoms with van der Waals surface area (Å²) in [7, 11) is 0. The molecule has 264 valence electrons. The molecule has 50 heavy (non-hydrogen) atoms. The smallest absolute Gasteiger partial charge is 0.0202 e. The number of rotatable bonds is 2. The molecule has 5 aromatic carbocycles. The average molecular weight is 870 g/mol. The molecule has 1 aliphatic rings. The molecule has 3 heteroatoms. The minimum Gasteiger partial charge on any atom is -1.00 e. The van der Waals surface area contributed by atoms with Gasteiger partial charge in [-0.1, -0.05) is 76.9 Å². The zero-order valence-electron chi connectivity index (χ0n) is 32.4. The molecule has 0 fully saturated rings. The second-order valence-electron chi connectivity index (χ2n) is 17.3. The van der Waals surface area contributed by atoms with Crippen LogP contribution in [0, 0.1) is 6.08 Å². The maximum Gasteiger partial charge on any atom is -0.0202 e. The minimum absolute atomic E-state index is 0. The molecule has 5 aromatic rings. The van der Waals surface area contributed by atoms with Gasteiger partial charge in [0.05, 0.1) is 0 Å². The van der Waals surface area contributed by atoms with Crippen LogP contribution in [0.2, 0.25) is 0 Å². The van der Waals surface area contributed by atoms with Gasteiger partial charge in [-0.25, -0.2) is 12.2 Å². The molecule has 0 nitrogen and oxygen atoms in total. The molecule has 0 aliphatic heterocycles. The van der Waals surface area contributed by atoms with Gasteiger partial charge in [-0.3, -0.25) is 6.08 Å². The summed E-state index contributed by atoms with van der Waals surface area (Å²) < 4.78 is 1.47. The minimum atomic E-state index is 0. The molecule has 0 saturated heterocycles. The Bertz CT molecular complexity index is 1770. The maximum atomic E-state index is 2.99. The third kappa shape index (κ3) is 11.5. The first-order valence-corrected chi connectivity index (χ1v) is 19.2. The number of halogens is 2. The largest absolute Gasteiger partial charge is 1.00 e. The molecule has 0 saturated carbocycles. The SMILES string of the molecule is CC(C)(C)c1ccc([C](=[Hf+2])c2ccc(C(C)(C)C)cc2)cc1.CC(C)(C)c1ccc2c(c1)[cH-]c1cc(C(C)(C)C)ccc12.[C-]1=CC=CC1.[Cl-].[Cl-]. The van der Waals surface area contributed by atoms with Crippen molar-refractivity contribution in [2.45, 2.75) is 111 Å². The van der Waals surface area contributed by atoms with Gasteiger partial charge in [0.2, 0.25) is 0 Å². The Morgan fingerprint density at radius 1 is 0.520 bits per heavy atom. The molecule has 0 radical (unpaired) electrons. The first kappa shape index (κ1) is 43.7. The third-order valence-corrected chi connectivity index (χ3v) is 11.2. The topological polar surface area (TPSA) is 0 Å². The van der Waals surface area contributed by atoms with Crippen LogP contribution in [0.25, 0.3) is 21.5 Å². The predicted molar refractivity (Wildman–Crippen MR) is 210 cm³/mol. The van der Waals surface area contributed by atoms with Gasteiger partial charge in [0, 0.05) is 0 Å². The van der Waals surface area contributed by atoms with Gasteiger partial charge < -0.3 is 24.8 Å². The molecular weight excluding hydrogens is 814 g/mol. The maximum absolute atomic E-state index is 2.99. The van der Waals surface area contributed by atoms with E-state index in [1.54, 1.807) is 0 Å². The number of benzene rings is 4. The number of allylic oxidation sites excluding steroid dienone is 4. The second kappa shape index (κ2) is 17.4. The summed E-state index contributed by atoms with van der Waals surface area (Å²) in [6.45, 7) is 27.2. The number of hydrogen-bond donors (Lipinski definition) is 0.